The van der Waals surface area contributed by atoms with Gasteiger partial charge < -0.3 is 15.0 Å². The molecule has 4 heteroatoms. The molecule has 0 fully saturated rings. The van der Waals surface area contributed by atoms with Crippen LogP contribution in [0.2, 0.25) is 0 Å². The van der Waals surface area contributed by atoms with Crippen molar-refractivity contribution in [2.75, 3.05) is 13.6 Å². The molecular formula is C13H19N3O. The smallest absolute Gasteiger partial charge is 0.121 e. The number of ether oxygens (including phenoxy) is 1. The van der Waals surface area contributed by atoms with E-state index in [0.717, 1.165) is 35.6 Å². The van der Waals surface area contributed by atoms with Gasteiger partial charge in [0.25, 0.3) is 0 Å². The lowest BCUT2D eigenvalue weighted by Gasteiger charge is -2.08. The van der Waals surface area contributed by atoms with Crippen molar-refractivity contribution in [3.05, 3.63) is 24.0 Å². The number of benzene rings is 1. The van der Waals surface area contributed by atoms with Crippen LogP contribution in [-0.4, -0.2) is 29.7 Å². The summed E-state index contributed by atoms with van der Waals surface area (Å²) in [5.41, 5.74) is 2.03. The molecule has 17 heavy (non-hydrogen) atoms. The Labute approximate surface area is 101 Å². The highest BCUT2D eigenvalue weighted by Gasteiger charge is 2.04. The molecular weight excluding hydrogens is 214 g/mol. The molecule has 0 aliphatic rings. The summed E-state index contributed by atoms with van der Waals surface area (Å²) in [5, 5.41) is 3.11. The van der Waals surface area contributed by atoms with E-state index in [4.69, 9.17) is 4.74 Å². The van der Waals surface area contributed by atoms with Crippen LogP contribution in [0.1, 0.15) is 19.7 Å². The molecule has 0 aliphatic carbocycles. The average Bonchev–Trinajstić information content (AvgIpc) is 2.67. The third kappa shape index (κ3) is 2.97. The van der Waals surface area contributed by atoms with Crippen molar-refractivity contribution < 1.29 is 4.74 Å². The topological polar surface area (TPSA) is 49.9 Å². The summed E-state index contributed by atoms with van der Waals surface area (Å²) >= 11 is 0. The second-order valence-corrected chi connectivity index (χ2v) is 4.38. The number of imidazole rings is 1. The first-order chi connectivity index (χ1) is 8.19. The number of hydrogen-bond donors (Lipinski definition) is 2. The summed E-state index contributed by atoms with van der Waals surface area (Å²) in [6.07, 6.45) is 1.10. The van der Waals surface area contributed by atoms with E-state index in [1.807, 2.05) is 39.1 Å². The van der Waals surface area contributed by atoms with E-state index in [0.29, 0.717) is 0 Å². The lowest BCUT2D eigenvalue weighted by atomic mass is 10.3. The summed E-state index contributed by atoms with van der Waals surface area (Å²) in [4.78, 5) is 7.83. The maximum Gasteiger partial charge on any atom is 0.121 e. The van der Waals surface area contributed by atoms with E-state index in [1.165, 1.54) is 0 Å². The Kier molecular flexibility index (Phi) is 3.64. The first-order valence-corrected chi connectivity index (χ1v) is 5.99. The van der Waals surface area contributed by atoms with Crippen LogP contribution in [0.4, 0.5) is 0 Å². The summed E-state index contributed by atoms with van der Waals surface area (Å²) in [6.45, 7) is 4.97. The molecule has 0 atom stereocenters. The van der Waals surface area contributed by atoms with Crippen LogP contribution in [0.3, 0.4) is 0 Å². The van der Waals surface area contributed by atoms with E-state index in [1.54, 1.807) is 0 Å². The number of hydrogen-bond acceptors (Lipinski definition) is 3. The van der Waals surface area contributed by atoms with Gasteiger partial charge in [-0.2, -0.15) is 0 Å². The number of nitrogens with one attached hydrogen (secondary N) is 2. The van der Waals surface area contributed by atoms with E-state index < -0.39 is 0 Å². The molecule has 1 aromatic heterocycles. The number of aromatic nitrogens is 2. The predicted molar refractivity (Wildman–Crippen MR) is 69.5 cm³/mol. The zero-order valence-corrected chi connectivity index (χ0v) is 10.6. The van der Waals surface area contributed by atoms with Crippen molar-refractivity contribution in [3.8, 4) is 5.75 Å². The van der Waals surface area contributed by atoms with Crippen molar-refractivity contribution >= 4 is 11.0 Å². The minimum atomic E-state index is 0.194. The van der Waals surface area contributed by atoms with E-state index >= 15 is 0 Å². The number of rotatable bonds is 5. The van der Waals surface area contributed by atoms with Gasteiger partial charge in [0.05, 0.1) is 17.1 Å². The third-order valence-corrected chi connectivity index (χ3v) is 2.49. The normalized spacial score (nSPS) is 11.3. The zero-order chi connectivity index (χ0) is 12.3. The number of aromatic amines is 1. The summed E-state index contributed by atoms with van der Waals surface area (Å²) in [5.74, 6) is 1.90. The maximum absolute atomic E-state index is 5.65. The molecule has 4 nitrogen and oxygen atoms in total. The van der Waals surface area contributed by atoms with Gasteiger partial charge in [-0.15, -0.1) is 0 Å². The van der Waals surface area contributed by atoms with E-state index in [9.17, 15) is 0 Å². The molecule has 0 saturated carbocycles. The summed E-state index contributed by atoms with van der Waals surface area (Å²) < 4.78 is 5.65. The van der Waals surface area contributed by atoms with Crippen LogP contribution in [0.25, 0.3) is 11.0 Å². The monoisotopic (exact) mass is 233 g/mol. The number of likely N-dealkylation sites (N-methyl/N-ethyl adjacent to an activating group) is 1. The first kappa shape index (κ1) is 11.9. The van der Waals surface area contributed by atoms with Crippen LogP contribution in [0.5, 0.6) is 5.75 Å². The lowest BCUT2D eigenvalue weighted by molar-refractivity contribution is 0.242. The fourth-order valence-corrected chi connectivity index (χ4v) is 1.75. The SMILES string of the molecule is CNCCc1nc2ccc(OC(C)C)cc2[nH]1. The van der Waals surface area contributed by atoms with Gasteiger partial charge in [0.1, 0.15) is 11.6 Å². The van der Waals surface area contributed by atoms with Crippen molar-refractivity contribution in [2.45, 2.75) is 26.4 Å². The van der Waals surface area contributed by atoms with Crippen LogP contribution in [-0.2, 0) is 6.42 Å². The number of fused-ring (bicyclic) bond motifs is 1. The van der Waals surface area contributed by atoms with Gasteiger partial charge >= 0.3 is 0 Å². The molecule has 0 aliphatic heterocycles. The average molecular weight is 233 g/mol. The lowest BCUT2D eigenvalue weighted by Crippen LogP contribution is -2.10. The molecule has 1 aromatic carbocycles. The molecule has 0 unspecified atom stereocenters. The Balaban J connectivity index is 2.21. The third-order valence-electron chi connectivity index (χ3n) is 2.49. The van der Waals surface area contributed by atoms with E-state index in [-0.39, 0.29) is 6.10 Å². The second-order valence-electron chi connectivity index (χ2n) is 4.38. The van der Waals surface area contributed by atoms with Crippen molar-refractivity contribution in [3.63, 3.8) is 0 Å². The number of H-pyrrole nitrogens is 1. The molecule has 0 amide bonds. The minimum absolute atomic E-state index is 0.194. The van der Waals surface area contributed by atoms with Gasteiger partial charge in [0, 0.05) is 19.0 Å². The van der Waals surface area contributed by atoms with Crippen LogP contribution in [0.15, 0.2) is 18.2 Å². The van der Waals surface area contributed by atoms with Crippen LogP contribution in [0, 0.1) is 0 Å². The largest absolute Gasteiger partial charge is 0.491 e. The predicted octanol–water partition coefficient (Wildman–Crippen LogP) is 2.11. The highest BCUT2D eigenvalue weighted by molar-refractivity contribution is 5.76. The highest BCUT2D eigenvalue weighted by Crippen LogP contribution is 2.20. The highest BCUT2D eigenvalue weighted by atomic mass is 16.5. The molecule has 0 radical (unpaired) electrons. The zero-order valence-electron chi connectivity index (χ0n) is 10.6. The van der Waals surface area contributed by atoms with Gasteiger partial charge in [-0.05, 0) is 33.0 Å². The molecule has 0 saturated heterocycles. The summed E-state index contributed by atoms with van der Waals surface area (Å²) in [6, 6.07) is 5.96. The van der Waals surface area contributed by atoms with Crippen molar-refractivity contribution in [1.82, 2.24) is 15.3 Å². The fourth-order valence-electron chi connectivity index (χ4n) is 1.75. The quantitative estimate of drug-likeness (QED) is 0.831. The maximum atomic E-state index is 5.65. The number of nitrogens with zero attached hydrogens (tertiary/aromatic N) is 1. The fraction of sp³-hybridized carbons (Fsp3) is 0.462. The van der Waals surface area contributed by atoms with Gasteiger partial charge in [-0.1, -0.05) is 0 Å². The van der Waals surface area contributed by atoms with Gasteiger partial charge in [-0.3, -0.25) is 0 Å². The van der Waals surface area contributed by atoms with Gasteiger partial charge in [0.2, 0.25) is 0 Å². The van der Waals surface area contributed by atoms with Gasteiger partial charge in [-0.25, -0.2) is 4.98 Å². The van der Waals surface area contributed by atoms with Crippen LogP contribution >= 0.6 is 0 Å². The van der Waals surface area contributed by atoms with E-state index in [2.05, 4.69) is 15.3 Å². The molecule has 2 N–H and O–H groups in total. The van der Waals surface area contributed by atoms with Gasteiger partial charge in [0.15, 0.2) is 0 Å². The molecule has 2 rings (SSSR count). The van der Waals surface area contributed by atoms with Crippen molar-refractivity contribution in [1.29, 1.82) is 0 Å². The standard InChI is InChI=1S/C13H19N3O/c1-9(2)17-10-4-5-11-12(8-10)16-13(15-11)6-7-14-3/h4-5,8-9,14H,6-7H2,1-3H3,(H,15,16). The Morgan fingerprint density at radius 3 is 2.94 bits per heavy atom. The Morgan fingerprint density at radius 2 is 2.24 bits per heavy atom. The van der Waals surface area contributed by atoms with Crippen molar-refractivity contribution in [2.24, 2.45) is 0 Å². The molecule has 0 bridgehead atoms. The second kappa shape index (κ2) is 5.19. The first-order valence-electron chi connectivity index (χ1n) is 5.99. The molecule has 92 valence electrons. The molecule has 1 heterocycles. The Bertz CT molecular complexity index is 490. The Morgan fingerprint density at radius 1 is 1.41 bits per heavy atom. The molecule has 0 spiro atoms. The van der Waals surface area contributed by atoms with Crippen LogP contribution < -0.4 is 10.1 Å². The minimum Gasteiger partial charge on any atom is -0.491 e. The summed E-state index contributed by atoms with van der Waals surface area (Å²) in [7, 11) is 1.94. The Hall–Kier alpha value is -1.55. The molecule has 2 aromatic rings.